The molecular weight excluding hydrogens is 493 g/mol. The molecule has 34 heavy (non-hydrogen) atoms. The maximum Gasteiger partial charge on any atom is 0.266 e. The normalized spacial score (nSPS) is 15.9. The lowest BCUT2D eigenvalue weighted by Gasteiger charge is -2.13. The Kier molecular flexibility index (Phi) is 7.77. The topological polar surface area (TPSA) is 64.0 Å². The number of likely N-dealkylation sites (N-methyl/N-ethyl adjacent to an activating group) is 1. The molecule has 2 heterocycles. The second kappa shape index (κ2) is 11.0. The predicted octanol–water partition coefficient (Wildman–Crippen LogP) is 6.60. The largest absolute Gasteiger partial charge is 0.490 e. The highest BCUT2D eigenvalue weighted by atomic mass is 35.5. The fourth-order valence-corrected chi connectivity index (χ4v) is 4.47. The molecule has 6 nitrogen and oxygen atoms in total. The maximum atomic E-state index is 12.8. The number of benzene rings is 2. The van der Waals surface area contributed by atoms with Gasteiger partial charge in [-0.3, -0.25) is 14.7 Å². The molecule has 1 amide bonds. The first-order chi connectivity index (χ1) is 16.5. The summed E-state index contributed by atoms with van der Waals surface area (Å²) in [6.07, 6.45) is 4.93. The van der Waals surface area contributed by atoms with Crippen molar-refractivity contribution in [2.45, 2.75) is 13.5 Å². The molecule has 0 radical (unpaired) electrons. The average molecular weight is 514 g/mol. The van der Waals surface area contributed by atoms with Crippen LogP contribution in [0.5, 0.6) is 11.5 Å². The number of thioether (sulfide) groups is 1. The Balaban J connectivity index is 1.56. The standard InChI is InChI=1S/C25H21Cl2N3O3S/c1-3-32-22-12-16(8-9-21(22)33-15-17-6-4-5-7-18(17)26)13-23-24(31)30(2)25(34-23)29-20-10-11-28-14-19(20)27/h4-14H,3,15H2,1-2H3/b23-13-,29-25?. The number of aromatic nitrogens is 1. The molecule has 1 fully saturated rings. The van der Waals surface area contributed by atoms with Gasteiger partial charge >= 0.3 is 0 Å². The molecule has 0 atom stereocenters. The number of pyridine rings is 1. The molecular formula is C25H21Cl2N3O3S. The summed E-state index contributed by atoms with van der Waals surface area (Å²) in [5.41, 5.74) is 2.25. The van der Waals surface area contributed by atoms with Crippen LogP contribution in [0.3, 0.4) is 0 Å². The number of carbonyl (C=O) groups is 1. The minimum Gasteiger partial charge on any atom is -0.490 e. The molecule has 0 aliphatic carbocycles. The summed E-state index contributed by atoms with van der Waals surface area (Å²) in [4.78, 5) is 23.3. The van der Waals surface area contributed by atoms with Gasteiger partial charge in [0.25, 0.3) is 5.91 Å². The first kappa shape index (κ1) is 24.1. The van der Waals surface area contributed by atoms with Crippen LogP contribution in [0.1, 0.15) is 18.1 Å². The molecule has 9 heteroatoms. The molecule has 0 unspecified atom stereocenters. The Hall–Kier alpha value is -3.00. The zero-order chi connectivity index (χ0) is 24.1. The summed E-state index contributed by atoms with van der Waals surface area (Å²) in [6.45, 7) is 2.69. The number of hydrogen-bond acceptors (Lipinski definition) is 6. The molecule has 174 valence electrons. The third-order valence-electron chi connectivity index (χ3n) is 4.88. The molecule has 0 spiro atoms. The monoisotopic (exact) mass is 513 g/mol. The van der Waals surface area contributed by atoms with E-state index >= 15 is 0 Å². The van der Waals surface area contributed by atoms with Crippen LogP contribution in [0.25, 0.3) is 6.08 Å². The van der Waals surface area contributed by atoms with Crippen LogP contribution in [0, 0.1) is 0 Å². The van der Waals surface area contributed by atoms with E-state index in [1.807, 2.05) is 49.4 Å². The summed E-state index contributed by atoms with van der Waals surface area (Å²) in [5.74, 6) is 1.04. The van der Waals surface area contributed by atoms with Gasteiger partial charge in [0, 0.05) is 30.0 Å². The number of aliphatic imine (C=N–C) groups is 1. The van der Waals surface area contributed by atoms with Gasteiger partial charge in [-0.15, -0.1) is 0 Å². The van der Waals surface area contributed by atoms with E-state index in [1.165, 1.54) is 22.9 Å². The van der Waals surface area contributed by atoms with E-state index in [0.717, 1.165) is 11.1 Å². The van der Waals surface area contributed by atoms with Crippen molar-refractivity contribution in [1.29, 1.82) is 0 Å². The van der Waals surface area contributed by atoms with Crippen LogP contribution >= 0.6 is 35.0 Å². The number of halogens is 2. The van der Waals surface area contributed by atoms with Gasteiger partial charge in [0.15, 0.2) is 16.7 Å². The molecule has 0 bridgehead atoms. The van der Waals surface area contributed by atoms with E-state index in [2.05, 4.69) is 9.98 Å². The molecule has 3 aromatic rings. The van der Waals surface area contributed by atoms with Gasteiger partial charge in [-0.05, 0) is 54.6 Å². The molecule has 1 aliphatic rings. The van der Waals surface area contributed by atoms with Crippen LogP contribution < -0.4 is 9.47 Å². The number of amides is 1. The third kappa shape index (κ3) is 5.55. The summed E-state index contributed by atoms with van der Waals surface area (Å²) in [7, 11) is 1.68. The molecule has 1 aliphatic heterocycles. The van der Waals surface area contributed by atoms with Crippen molar-refractivity contribution >= 4 is 57.8 Å². The number of rotatable bonds is 7. The van der Waals surface area contributed by atoms with Crippen LogP contribution in [-0.2, 0) is 11.4 Å². The Bertz CT molecular complexity index is 1280. The minimum absolute atomic E-state index is 0.147. The van der Waals surface area contributed by atoms with Gasteiger partial charge in [0.1, 0.15) is 6.61 Å². The fourth-order valence-electron chi connectivity index (χ4n) is 3.14. The van der Waals surface area contributed by atoms with E-state index < -0.39 is 0 Å². The Morgan fingerprint density at radius 2 is 1.91 bits per heavy atom. The van der Waals surface area contributed by atoms with Crippen molar-refractivity contribution in [2.24, 2.45) is 4.99 Å². The molecule has 1 aromatic heterocycles. The summed E-state index contributed by atoms with van der Waals surface area (Å²) in [6, 6.07) is 14.8. The van der Waals surface area contributed by atoms with E-state index in [0.29, 0.717) is 50.5 Å². The van der Waals surface area contributed by atoms with Gasteiger partial charge in [0.05, 0.1) is 22.2 Å². The van der Waals surface area contributed by atoms with E-state index in [-0.39, 0.29) is 5.91 Å². The molecule has 2 aromatic carbocycles. The summed E-state index contributed by atoms with van der Waals surface area (Å²) in [5, 5.41) is 1.60. The number of ether oxygens (including phenoxy) is 2. The Labute approximate surface area is 212 Å². The summed E-state index contributed by atoms with van der Waals surface area (Å²) < 4.78 is 11.8. The minimum atomic E-state index is -0.147. The average Bonchev–Trinajstić information content (AvgIpc) is 3.09. The molecule has 1 saturated heterocycles. The van der Waals surface area contributed by atoms with E-state index in [4.69, 9.17) is 32.7 Å². The summed E-state index contributed by atoms with van der Waals surface area (Å²) >= 11 is 13.7. The lowest BCUT2D eigenvalue weighted by molar-refractivity contribution is -0.121. The number of carbonyl (C=O) groups excluding carboxylic acids is 1. The van der Waals surface area contributed by atoms with Gasteiger partial charge < -0.3 is 9.47 Å². The van der Waals surface area contributed by atoms with Crippen molar-refractivity contribution in [3.05, 3.63) is 87.0 Å². The van der Waals surface area contributed by atoms with Crippen molar-refractivity contribution in [3.63, 3.8) is 0 Å². The zero-order valence-corrected chi connectivity index (χ0v) is 20.8. The van der Waals surface area contributed by atoms with Crippen molar-refractivity contribution in [3.8, 4) is 11.5 Å². The highest BCUT2D eigenvalue weighted by Crippen LogP contribution is 2.36. The third-order valence-corrected chi connectivity index (χ3v) is 6.60. The number of nitrogens with zero attached hydrogens (tertiary/aromatic N) is 3. The van der Waals surface area contributed by atoms with Crippen LogP contribution in [0.2, 0.25) is 10.0 Å². The van der Waals surface area contributed by atoms with Gasteiger partial charge in [-0.2, -0.15) is 0 Å². The molecule has 0 N–H and O–H groups in total. The van der Waals surface area contributed by atoms with Crippen molar-refractivity contribution < 1.29 is 14.3 Å². The van der Waals surface area contributed by atoms with Gasteiger partial charge in [0.2, 0.25) is 0 Å². The Morgan fingerprint density at radius 1 is 1.09 bits per heavy atom. The highest BCUT2D eigenvalue weighted by Gasteiger charge is 2.30. The SMILES string of the molecule is CCOc1cc(/C=C2\SC(=Nc3ccncc3Cl)N(C)C2=O)ccc1OCc1ccccc1Cl. The lowest BCUT2D eigenvalue weighted by Crippen LogP contribution is -2.23. The van der Waals surface area contributed by atoms with Crippen LogP contribution in [0.4, 0.5) is 5.69 Å². The maximum absolute atomic E-state index is 12.8. The van der Waals surface area contributed by atoms with Crippen molar-refractivity contribution in [1.82, 2.24) is 9.88 Å². The molecule has 0 saturated carbocycles. The predicted molar refractivity (Wildman–Crippen MR) is 138 cm³/mol. The molecule has 4 rings (SSSR count). The van der Waals surface area contributed by atoms with Crippen molar-refractivity contribution in [2.75, 3.05) is 13.7 Å². The second-order valence-corrected chi connectivity index (χ2v) is 9.04. The van der Waals surface area contributed by atoms with E-state index in [1.54, 1.807) is 25.4 Å². The van der Waals surface area contributed by atoms with E-state index in [9.17, 15) is 4.79 Å². The van der Waals surface area contributed by atoms with Gasteiger partial charge in [-0.25, -0.2) is 4.99 Å². The lowest BCUT2D eigenvalue weighted by atomic mass is 10.1. The smallest absolute Gasteiger partial charge is 0.266 e. The Morgan fingerprint density at radius 3 is 2.68 bits per heavy atom. The first-order valence-electron chi connectivity index (χ1n) is 10.4. The highest BCUT2D eigenvalue weighted by molar-refractivity contribution is 8.18. The fraction of sp³-hybridized carbons (Fsp3) is 0.160. The first-order valence-corrected chi connectivity index (χ1v) is 12.0. The van der Waals surface area contributed by atoms with Crippen LogP contribution in [-0.4, -0.2) is 34.6 Å². The van der Waals surface area contributed by atoms with Gasteiger partial charge in [-0.1, -0.05) is 47.5 Å². The number of hydrogen-bond donors (Lipinski definition) is 0. The van der Waals surface area contributed by atoms with Crippen LogP contribution in [0.15, 0.2) is 70.8 Å². The zero-order valence-electron chi connectivity index (χ0n) is 18.5. The quantitative estimate of drug-likeness (QED) is 0.333. The number of amidine groups is 1. The second-order valence-electron chi connectivity index (χ2n) is 7.22.